The van der Waals surface area contributed by atoms with Gasteiger partial charge >= 0.3 is 0 Å². The molecule has 2 amide bonds. The zero-order valence-corrected chi connectivity index (χ0v) is 15.7. The van der Waals surface area contributed by atoms with Crippen molar-refractivity contribution in [3.05, 3.63) is 58.1 Å². The molecule has 1 N–H and O–H groups in total. The molecule has 1 fully saturated rings. The zero-order chi connectivity index (χ0) is 18.7. The van der Waals surface area contributed by atoms with Crippen molar-refractivity contribution >= 4 is 40.7 Å². The first-order chi connectivity index (χ1) is 12.5. The fourth-order valence-electron chi connectivity index (χ4n) is 2.97. The van der Waals surface area contributed by atoms with Crippen molar-refractivity contribution < 1.29 is 14.3 Å². The number of nitrogens with zero attached hydrogens (tertiary/aromatic N) is 1. The largest absolute Gasteiger partial charge is 0.495 e. The van der Waals surface area contributed by atoms with Crippen LogP contribution in [-0.2, 0) is 16.1 Å². The van der Waals surface area contributed by atoms with Gasteiger partial charge in [-0.25, -0.2) is 0 Å². The molecular weight excluding hydrogens is 375 g/mol. The first-order valence-corrected chi connectivity index (χ1v) is 8.89. The molecule has 0 spiro atoms. The summed E-state index contributed by atoms with van der Waals surface area (Å²) in [6, 6.07) is 12.4. The first kappa shape index (κ1) is 18.5. The lowest BCUT2D eigenvalue weighted by Gasteiger charge is -2.20. The van der Waals surface area contributed by atoms with Crippen molar-refractivity contribution in [3.8, 4) is 5.75 Å². The summed E-state index contributed by atoms with van der Waals surface area (Å²) in [6.07, 6.45) is 0.150. The Morgan fingerprint density at radius 3 is 2.73 bits per heavy atom. The molecule has 1 aliphatic heterocycles. The Kier molecular flexibility index (Phi) is 5.69. The van der Waals surface area contributed by atoms with Crippen molar-refractivity contribution in [1.29, 1.82) is 0 Å². The van der Waals surface area contributed by atoms with Crippen LogP contribution in [0.15, 0.2) is 42.5 Å². The first-order valence-electron chi connectivity index (χ1n) is 8.14. The van der Waals surface area contributed by atoms with Crippen LogP contribution in [0.4, 0.5) is 5.69 Å². The van der Waals surface area contributed by atoms with Gasteiger partial charge in [-0.2, -0.15) is 0 Å². The second-order valence-corrected chi connectivity index (χ2v) is 6.94. The molecule has 2 aromatic carbocycles. The van der Waals surface area contributed by atoms with Crippen LogP contribution in [0, 0.1) is 5.92 Å². The minimum absolute atomic E-state index is 0.131. The van der Waals surface area contributed by atoms with Gasteiger partial charge in [0.05, 0.1) is 18.7 Å². The van der Waals surface area contributed by atoms with Crippen LogP contribution >= 0.6 is 23.2 Å². The van der Waals surface area contributed by atoms with E-state index >= 15 is 0 Å². The maximum Gasteiger partial charge on any atom is 0.227 e. The number of methoxy groups -OCH3 is 1. The lowest BCUT2D eigenvalue weighted by atomic mass is 10.1. The molecule has 136 valence electrons. The van der Waals surface area contributed by atoms with Crippen LogP contribution in [0.2, 0.25) is 10.0 Å². The Balaban J connectivity index is 1.67. The molecule has 1 saturated heterocycles. The van der Waals surface area contributed by atoms with Crippen LogP contribution in [0.25, 0.3) is 0 Å². The number of amides is 2. The number of hydrogen-bond donors (Lipinski definition) is 1. The summed E-state index contributed by atoms with van der Waals surface area (Å²) in [5.74, 6) is -0.177. The van der Waals surface area contributed by atoms with Gasteiger partial charge in [0.15, 0.2) is 0 Å². The fourth-order valence-corrected chi connectivity index (χ4v) is 3.35. The van der Waals surface area contributed by atoms with E-state index in [0.29, 0.717) is 28.0 Å². The second kappa shape index (κ2) is 7.98. The number of rotatable bonds is 5. The molecule has 0 radical (unpaired) electrons. The number of ether oxygens (including phenoxy) is 1. The normalized spacial score (nSPS) is 16.7. The van der Waals surface area contributed by atoms with Crippen molar-refractivity contribution in [2.75, 3.05) is 18.6 Å². The maximum absolute atomic E-state index is 12.5. The number of benzene rings is 2. The van der Waals surface area contributed by atoms with Crippen LogP contribution in [0.1, 0.15) is 12.0 Å². The van der Waals surface area contributed by atoms with Crippen LogP contribution in [0.5, 0.6) is 5.75 Å². The maximum atomic E-state index is 12.5. The third-order valence-corrected chi connectivity index (χ3v) is 4.75. The van der Waals surface area contributed by atoms with Crippen molar-refractivity contribution in [1.82, 2.24) is 5.32 Å². The molecule has 7 heteroatoms. The summed E-state index contributed by atoms with van der Waals surface area (Å²) in [4.78, 5) is 26.4. The summed E-state index contributed by atoms with van der Waals surface area (Å²) < 4.78 is 5.31. The fraction of sp³-hybridized carbons (Fsp3) is 0.263. The molecule has 0 saturated carbocycles. The third-order valence-electron chi connectivity index (χ3n) is 4.28. The van der Waals surface area contributed by atoms with E-state index in [9.17, 15) is 9.59 Å². The molecule has 0 bridgehead atoms. The number of carbonyl (C=O) groups is 2. The highest BCUT2D eigenvalue weighted by atomic mass is 35.5. The van der Waals surface area contributed by atoms with Crippen molar-refractivity contribution in [2.45, 2.75) is 13.0 Å². The SMILES string of the molecule is COc1ccc(Cl)cc1N1C[C@H](C(=O)NCc2cccc(Cl)c2)CC1=O. The average molecular weight is 393 g/mol. The van der Waals surface area contributed by atoms with Gasteiger partial charge in [0.2, 0.25) is 11.8 Å². The summed E-state index contributed by atoms with van der Waals surface area (Å²) >= 11 is 12.0. The number of carbonyl (C=O) groups excluding carboxylic acids is 2. The molecule has 3 rings (SSSR count). The van der Waals surface area contributed by atoms with E-state index in [1.165, 1.54) is 7.11 Å². The molecule has 1 heterocycles. The lowest BCUT2D eigenvalue weighted by molar-refractivity contribution is -0.126. The Hall–Kier alpha value is -2.24. The molecular formula is C19H18Cl2N2O3. The molecule has 1 aliphatic rings. The van der Waals surface area contributed by atoms with Gasteiger partial charge in [-0.05, 0) is 35.9 Å². The van der Waals surface area contributed by atoms with Crippen molar-refractivity contribution in [3.63, 3.8) is 0 Å². The van der Waals surface area contributed by atoms with Crippen molar-refractivity contribution in [2.24, 2.45) is 5.92 Å². The zero-order valence-electron chi connectivity index (χ0n) is 14.2. The molecule has 26 heavy (non-hydrogen) atoms. The van der Waals surface area contributed by atoms with Gasteiger partial charge in [-0.3, -0.25) is 9.59 Å². The Morgan fingerprint density at radius 2 is 2.00 bits per heavy atom. The predicted octanol–water partition coefficient (Wildman–Crippen LogP) is 3.67. The van der Waals surface area contributed by atoms with E-state index in [-0.39, 0.29) is 24.8 Å². The predicted molar refractivity (Wildman–Crippen MR) is 102 cm³/mol. The van der Waals surface area contributed by atoms with Crippen LogP contribution in [-0.4, -0.2) is 25.5 Å². The van der Waals surface area contributed by atoms with Gasteiger partial charge in [0, 0.05) is 29.6 Å². The lowest BCUT2D eigenvalue weighted by Crippen LogP contribution is -2.32. The standard InChI is InChI=1S/C19H18Cl2N2O3/c1-26-17-6-5-15(21)9-16(17)23-11-13(8-18(23)24)19(25)22-10-12-3-2-4-14(20)7-12/h2-7,9,13H,8,10-11H2,1H3,(H,22,25)/t13-/m1/s1. The topological polar surface area (TPSA) is 58.6 Å². The third kappa shape index (κ3) is 4.11. The van der Waals surface area contributed by atoms with Crippen LogP contribution in [0.3, 0.4) is 0 Å². The summed E-state index contributed by atoms with van der Waals surface area (Å²) in [6.45, 7) is 0.654. The molecule has 5 nitrogen and oxygen atoms in total. The van der Waals surface area contributed by atoms with E-state index < -0.39 is 5.92 Å². The molecule has 1 atom stereocenters. The Bertz CT molecular complexity index is 841. The monoisotopic (exact) mass is 392 g/mol. The minimum Gasteiger partial charge on any atom is -0.495 e. The van der Waals surface area contributed by atoms with Crippen LogP contribution < -0.4 is 15.0 Å². The van der Waals surface area contributed by atoms with Gasteiger partial charge in [0.25, 0.3) is 0 Å². The highest BCUT2D eigenvalue weighted by molar-refractivity contribution is 6.31. The number of hydrogen-bond acceptors (Lipinski definition) is 3. The van der Waals surface area contributed by atoms with E-state index in [1.54, 1.807) is 35.2 Å². The van der Waals surface area contributed by atoms with Gasteiger partial charge in [-0.15, -0.1) is 0 Å². The summed E-state index contributed by atoms with van der Waals surface area (Å²) in [7, 11) is 1.53. The van der Waals surface area contributed by atoms with Gasteiger partial charge in [-0.1, -0.05) is 35.3 Å². The number of halogens is 2. The van der Waals surface area contributed by atoms with Gasteiger partial charge in [0.1, 0.15) is 5.75 Å². The van der Waals surface area contributed by atoms with E-state index in [2.05, 4.69) is 5.32 Å². The average Bonchev–Trinajstić information content (AvgIpc) is 3.01. The number of nitrogens with one attached hydrogen (secondary N) is 1. The smallest absolute Gasteiger partial charge is 0.227 e. The Morgan fingerprint density at radius 1 is 1.23 bits per heavy atom. The minimum atomic E-state index is -0.426. The summed E-state index contributed by atoms with van der Waals surface area (Å²) in [5, 5.41) is 3.99. The van der Waals surface area contributed by atoms with E-state index in [1.807, 2.05) is 12.1 Å². The Labute approximate surface area is 161 Å². The quantitative estimate of drug-likeness (QED) is 0.844. The molecule has 0 aliphatic carbocycles. The highest BCUT2D eigenvalue weighted by Gasteiger charge is 2.36. The second-order valence-electron chi connectivity index (χ2n) is 6.07. The highest BCUT2D eigenvalue weighted by Crippen LogP contribution is 2.35. The number of anilines is 1. The van der Waals surface area contributed by atoms with E-state index in [0.717, 1.165) is 5.56 Å². The molecule has 0 unspecified atom stereocenters. The van der Waals surface area contributed by atoms with E-state index in [4.69, 9.17) is 27.9 Å². The molecule has 0 aromatic heterocycles. The summed E-state index contributed by atoms with van der Waals surface area (Å²) in [5.41, 5.74) is 1.48. The molecule has 2 aromatic rings. The van der Waals surface area contributed by atoms with Gasteiger partial charge < -0.3 is 15.0 Å².